The second kappa shape index (κ2) is 4.54. The number of rotatable bonds is 5. The van der Waals surface area contributed by atoms with Gasteiger partial charge in [0.15, 0.2) is 0 Å². The molecule has 0 aliphatic heterocycles. The largest absolute Gasteiger partial charge is 0.321 e. The lowest BCUT2D eigenvalue weighted by atomic mass is 10.1. The third-order valence-corrected chi connectivity index (χ3v) is 2.20. The molecule has 0 aliphatic carbocycles. The molecule has 0 saturated carbocycles. The van der Waals surface area contributed by atoms with Crippen LogP contribution in [0.3, 0.4) is 0 Å². The Morgan fingerprint density at radius 1 is 1.58 bits per heavy atom. The summed E-state index contributed by atoms with van der Waals surface area (Å²) in [6, 6.07) is -0.781. The standard InChI is InChI=1S/C6H13NO4S/c1-2-6(8)5(7)3-4-12(9,10)11/h5H,2-4,7H2,1H3,(H,9,10,11)/t5-/m0/s1. The predicted molar refractivity (Wildman–Crippen MR) is 44.3 cm³/mol. The Balaban J connectivity index is 3.88. The lowest BCUT2D eigenvalue weighted by Crippen LogP contribution is -2.31. The maximum Gasteiger partial charge on any atom is 0.264 e. The molecule has 0 rings (SSSR count). The van der Waals surface area contributed by atoms with Crippen LogP contribution in [-0.4, -0.2) is 30.5 Å². The van der Waals surface area contributed by atoms with Crippen LogP contribution in [0.1, 0.15) is 19.8 Å². The molecule has 0 heterocycles. The summed E-state index contributed by atoms with van der Waals surface area (Å²) in [5.74, 6) is -0.654. The van der Waals surface area contributed by atoms with Crippen molar-refractivity contribution in [3.05, 3.63) is 0 Å². The van der Waals surface area contributed by atoms with Crippen LogP contribution < -0.4 is 5.73 Å². The summed E-state index contributed by atoms with van der Waals surface area (Å²) in [7, 11) is -3.99. The molecule has 5 nitrogen and oxygen atoms in total. The number of nitrogens with two attached hydrogens (primary N) is 1. The molecule has 0 fully saturated rings. The third-order valence-electron chi connectivity index (χ3n) is 1.45. The van der Waals surface area contributed by atoms with E-state index in [2.05, 4.69) is 0 Å². The first-order valence-corrected chi connectivity index (χ1v) is 5.21. The highest BCUT2D eigenvalue weighted by molar-refractivity contribution is 7.85. The van der Waals surface area contributed by atoms with E-state index < -0.39 is 21.9 Å². The van der Waals surface area contributed by atoms with Gasteiger partial charge in [-0.15, -0.1) is 0 Å². The van der Waals surface area contributed by atoms with Crippen LogP contribution in [0.25, 0.3) is 0 Å². The third kappa shape index (κ3) is 5.22. The summed E-state index contributed by atoms with van der Waals surface area (Å²) in [5, 5.41) is 0. The molecule has 0 aromatic rings. The molecule has 6 heteroatoms. The first kappa shape index (κ1) is 11.5. The number of ketones is 1. The Morgan fingerprint density at radius 2 is 2.08 bits per heavy atom. The van der Waals surface area contributed by atoms with Crippen LogP contribution in [0.15, 0.2) is 0 Å². The topological polar surface area (TPSA) is 97.5 Å². The summed E-state index contributed by atoms with van der Waals surface area (Å²) in [5.41, 5.74) is 5.31. The van der Waals surface area contributed by atoms with Gasteiger partial charge in [-0.25, -0.2) is 0 Å². The fourth-order valence-electron chi connectivity index (χ4n) is 0.699. The van der Waals surface area contributed by atoms with E-state index in [0.717, 1.165) is 0 Å². The normalized spacial score (nSPS) is 14.2. The fraction of sp³-hybridized carbons (Fsp3) is 0.833. The average Bonchev–Trinajstić information content (AvgIpc) is 1.97. The van der Waals surface area contributed by atoms with Gasteiger partial charge >= 0.3 is 0 Å². The van der Waals surface area contributed by atoms with Gasteiger partial charge in [0.1, 0.15) is 5.78 Å². The highest BCUT2D eigenvalue weighted by atomic mass is 32.2. The lowest BCUT2D eigenvalue weighted by Gasteiger charge is -2.06. The molecule has 0 aliphatic rings. The Bertz CT molecular complexity index is 246. The van der Waals surface area contributed by atoms with Crippen molar-refractivity contribution in [2.45, 2.75) is 25.8 Å². The van der Waals surface area contributed by atoms with Crippen molar-refractivity contribution in [3.8, 4) is 0 Å². The van der Waals surface area contributed by atoms with Crippen molar-refractivity contribution < 1.29 is 17.8 Å². The maximum absolute atomic E-state index is 10.8. The summed E-state index contributed by atoms with van der Waals surface area (Å²) in [6.45, 7) is 1.65. The van der Waals surface area contributed by atoms with Crippen LogP contribution >= 0.6 is 0 Å². The minimum atomic E-state index is -3.99. The Hall–Kier alpha value is -0.460. The summed E-state index contributed by atoms with van der Waals surface area (Å²) < 4.78 is 28.8. The fourth-order valence-corrected chi connectivity index (χ4v) is 1.25. The predicted octanol–water partition coefficient (Wildman–Crippen LogP) is -0.429. The molecule has 12 heavy (non-hydrogen) atoms. The highest BCUT2D eigenvalue weighted by Gasteiger charge is 2.14. The lowest BCUT2D eigenvalue weighted by molar-refractivity contribution is -0.120. The van der Waals surface area contributed by atoms with Crippen LogP contribution in [-0.2, 0) is 14.9 Å². The van der Waals surface area contributed by atoms with Gasteiger partial charge in [0.2, 0.25) is 0 Å². The molecule has 0 bridgehead atoms. The van der Waals surface area contributed by atoms with Gasteiger partial charge in [0.25, 0.3) is 10.1 Å². The minimum absolute atomic E-state index is 0.0223. The molecule has 0 spiro atoms. The first-order valence-electron chi connectivity index (χ1n) is 3.60. The van der Waals surface area contributed by atoms with Gasteiger partial charge in [0, 0.05) is 6.42 Å². The second-order valence-corrected chi connectivity index (χ2v) is 4.07. The van der Waals surface area contributed by atoms with Gasteiger partial charge in [-0.05, 0) is 6.42 Å². The van der Waals surface area contributed by atoms with E-state index in [4.69, 9.17) is 10.3 Å². The van der Waals surface area contributed by atoms with Gasteiger partial charge in [0.05, 0.1) is 11.8 Å². The molecule has 1 atom stereocenters. The number of hydrogen-bond acceptors (Lipinski definition) is 4. The molecule has 72 valence electrons. The Labute approximate surface area is 71.7 Å². The average molecular weight is 195 g/mol. The van der Waals surface area contributed by atoms with Crippen molar-refractivity contribution in [1.29, 1.82) is 0 Å². The van der Waals surface area contributed by atoms with Crippen LogP contribution in [0, 0.1) is 0 Å². The van der Waals surface area contributed by atoms with Crippen LogP contribution in [0.2, 0.25) is 0 Å². The van der Waals surface area contributed by atoms with E-state index >= 15 is 0 Å². The SMILES string of the molecule is CCC(=O)[C@@H](N)CCS(=O)(=O)O. The molecule has 0 aromatic heterocycles. The monoisotopic (exact) mass is 195 g/mol. The van der Waals surface area contributed by atoms with E-state index in [0.29, 0.717) is 0 Å². The molecular weight excluding hydrogens is 182 g/mol. The van der Waals surface area contributed by atoms with Crippen molar-refractivity contribution in [1.82, 2.24) is 0 Å². The zero-order valence-electron chi connectivity index (χ0n) is 6.86. The van der Waals surface area contributed by atoms with Gasteiger partial charge in [-0.2, -0.15) is 8.42 Å². The summed E-state index contributed by atoms with van der Waals surface area (Å²) in [4.78, 5) is 10.8. The Morgan fingerprint density at radius 3 is 2.42 bits per heavy atom. The number of hydrogen-bond donors (Lipinski definition) is 2. The molecule has 0 saturated heterocycles. The van der Waals surface area contributed by atoms with Crippen molar-refractivity contribution in [2.24, 2.45) is 5.73 Å². The van der Waals surface area contributed by atoms with Gasteiger partial charge in [-0.3, -0.25) is 9.35 Å². The summed E-state index contributed by atoms with van der Waals surface area (Å²) >= 11 is 0. The van der Waals surface area contributed by atoms with E-state index in [1.807, 2.05) is 0 Å². The minimum Gasteiger partial charge on any atom is -0.321 e. The molecule has 0 unspecified atom stereocenters. The van der Waals surface area contributed by atoms with Gasteiger partial charge in [-0.1, -0.05) is 6.92 Å². The maximum atomic E-state index is 10.8. The smallest absolute Gasteiger partial charge is 0.264 e. The van der Waals surface area contributed by atoms with Crippen LogP contribution in [0.4, 0.5) is 0 Å². The molecule has 3 N–H and O–H groups in total. The quantitative estimate of drug-likeness (QED) is 0.580. The zero-order chi connectivity index (χ0) is 9.78. The molecule has 0 radical (unpaired) electrons. The van der Waals surface area contributed by atoms with Gasteiger partial charge < -0.3 is 5.73 Å². The molecule has 0 aromatic carbocycles. The Kier molecular flexibility index (Phi) is 4.36. The number of carbonyl (C=O) groups is 1. The highest BCUT2D eigenvalue weighted by Crippen LogP contribution is 1.96. The van der Waals surface area contributed by atoms with Crippen molar-refractivity contribution in [2.75, 3.05) is 5.75 Å². The van der Waals surface area contributed by atoms with E-state index in [1.54, 1.807) is 6.92 Å². The van der Waals surface area contributed by atoms with Crippen LogP contribution in [0.5, 0.6) is 0 Å². The molecular formula is C6H13NO4S. The first-order chi connectivity index (χ1) is 5.37. The van der Waals surface area contributed by atoms with E-state index in [1.165, 1.54) is 0 Å². The van der Waals surface area contributed by atoms with E-state index in [9.17, 15) is 13.2 Å². The number of carbonyl (C=O) groups excluding carboxylic acids is 1. The zero-order valence-corrected chi connectivity index (χ0v) is 7.67. The molecule has 0 amide bonds. The van der Waals surface area contributed by atoms with E-state index in [-0.39, 0.29) is 18.6 Å². The number of Topliss-reactive ketones (excluding diaryl/α,β-unsaturated/α-hetero) is 1. The van der Waals surface area contributed by atoms with Crippen molar-refractivity contribution >= 4 is 15.9 Å². The van der Waals surface area contributed by atoms with Crippen molar-refractivity contribution in [3.63, 3.8) is 0 Å². The summed E-state index contributed by atoms with van der Waals surface area (Å²) in [6.07, 6.45) is 0.262. The second-order valence-electron chi connectivity index (χ2n) is 2.50.